The Kier molecular flexibility index (Phi) is 4.56. The summed E-state index contributed by atoms with van der Waals surface area (Å²) in [5.41, 5.74) is -0.288. The molecule has 1 atom stereocenters. The van der Waals surface area contributed by atoms with E-state index in [0.29, 0.717) is 0 Å². The quantitative estimate of drug-likeness (QED) is 0.464. The minimum absolute atomic E-state index is 0.0752. The van der Waals surface area contributed by atoms with E-state index in [1.54, 1.807) is 6.92 Å². The Bertz CT molecular complexity index is 509. The van der Waals surface area contributed by atoms with Crippen molar-refractivity contribution in [1.82, 2.24) is 9.78 Å². The van der Waals surface area contributed by atoms with E-state index in [1.807, 2.05) is 0 Å². The lowest BCUT2D eigenvalue weighted by Gasteiger charge is -2.03. The molecule has 0 fully saturated rings. The van der Waals surface area contributed by atoms with Crippen LogP contribution < -0.4 is 0 Å². The van der Waals surface area contributed by atoms with Gasteiger partial charge in [-0.3, -0.25) is 4.79 Å². The molecule has 0 aliphatic heterocycles. The minimum atomic E-state index is -1.07. The number of aliphatic carboxylic acids is 1. The van der Waals surface area contributed by atoms with Gasteiger partial charge in [-0.2, -0.15) is 4.68 Å². The summed E-state index contributed by atoms with van der Waals surface area (Å²) in [7, 11) is 0. The van der Waals surface area contributed by atoms with E-state index in [0.717, 1.165) is 10.9 Å². The third-order valence-corrected chi connectivity index (χ3v) is 2.30. The number of carboxylic acids is 1. The fourth-order valence-corrected chi connectivity index (χ4v) is 1.44. The average molecular weight is 271 g/mol. The molecule has 1 rings (SSSR count). The molecule has 0 amide bonds. The highest BCUT2D eigenvalue weighted by Gasteiger charge is 2.29. The van der Waals surface area contributed by atoms with E-state index in [1.165, 1.54) is 6.92 Å². The predicted molar refractivity (Wildman–Crippen MR) is 61.8 cm³/mol. The highest BCUT2D eigenvalue weighted by atomic mass is 16.6. The van der Waals surface area contributed by atoms with E-state index in [4.69, 9.17) is 5.11 Å². The number of carbonyl (C=O) groups is 2. The van der Waals surface area contributed by atoms with Gasteiger partial charge in [-0.15, -0.1) is 0 Å². The Morgan fingerprint density at radius 3 is 2.74 bits per heavy atom. The molecule has 0 aliphatic rings. The zero-order chi connectivity index (χ0) is 14.6. The van der Waals surface area contributed by atoms with Crippen LogP contribution in [0.15, 0.2) is 6.20 Å². The van der Waals surface area contributed by atoms with Gasteiger partial charge >= 0.3 is 17.8 Å². The van der Waals surface area contributed by atoms with Crippen molar-refractivity contribution in [1.29, 1.82) is 0 Å². The predicted octanol–water partition coefficient (Wildman–Crippen LogP) is 1.00. The summed E-state index contributed by atoms with van der Waals surface area (Å²) in [6.45, 7) is 3.17. The maximum absolute atomic E-state index is 11.5. The molecule has 1 aromatic heterocycles. The fraction of sp³-hybridized carbons (Fsp3) is 0.500. The molecule has 0 radical (unpaired) electrons. The first-order valence-corrected chi connectivity index (χ1v) is 5.49. The normalized spacial score (nSPS) is 11.9. The summed E-state index contributed by atoms with van der Waals surface area (Å²) in [6.07, 6.45) is 0.866. The van der Waals surface area contributed by atoms with Gasteiger partial charge in [-0.05, 0) is 18.8 Å². The second kappa shape index (κ2) is 5.94. The molecule has 0 aromatic carbocycles. The molecule has 0 spiro atoms. The van der Waals surface area contributed by atoms with Gasteiger partial charge < -0.3 is 20.0 Å². The van der Waals surface area contributed by atoms with E-state index >= 15 is 0 Å². The SMILES string of the molecule is CCOC(=O)c1cn([C@@H](C)CC(=O)O)nc1[N+](=O)[O-]. The molecule has 1 N–H and O–H groups in total. The molecule has 0 aliphatic carbocycles. The van der Waals surface area contributed by atoms with Crippen LogP contribution in [0.1, 0.15) is 36.7 Å². The third kappa shape index (κ3) is 3.50. The van der Waals surface area contributed by atoms with Crippen LogP contribution in [0, 0.1) is 10.1 Å². The van der Waals surface area contributed by atoms with Crippen molar-refractivity contribution in [3.63, 3.8) is 0 Å². The molecular weight excluding hydrogens is 258 g/mol. The van der Waals surface area contributed by atoms with Gasteiger partial charge in [0.2, 0.25) is 0 Å². The summed E-state index contributed by atoms with van der Waals surface area (Å²) < 4.78 is 5.76. The molecule has 0 unspecified atom stereocenters. The van der Waals surface area contributed by atoms with Crippen LogP contribution in [0.25, 0.3) is 0 Å². The second-order valence-corrected chi connectivity index (χ2v) is 3.77. The standard InChI is InChI=1S/C10H13N3O6/c1-3-19-10(16)7-5-12(6(2)4-8(14)15)11-9(7)13(17)18/h5-6H,3-4H2,1-2H3,(H,14,15)/t6-/m0/s1. The van der Waals surface area contributed by atoms with Gasteiger partial charge in [0.1, 0.15) is 0 Å². The van der Waals surface area contributed by atoms with Crippen LogP contribution in [-0.2, 0) is 9.53 Å². The van der Waals surface area contributed by atoms with Gasteiger partial charge in [0.25, 0.3) is 0 Å². The number of hydrogen-bond donors (Lipinski definition) is 1. The van der Waals surface area contributed by atoms with Gasteiger partial charge in [-0.1, -0.05) is 0 Å². The Balaban J connectivity index is 3.10. The van der Waals surface area contributed by atoms with Crippen LogP contribution in [0.2, 0.25) is 0 Å². The molecular formula is C10H13N3O6. The number of nitro groups is 1. The first-order valence-electron chi connectivity index (χ1n) is 5.49. The highest BCUT2D eigenvalue weighted by molar-refractivity contribution is 5.92. The second-order valence-electron chi connectivity index (χ2n) is 3.77. The molecule has 0 bridgehead atoms. The Morgan fingerprint density at radius 2 is 2.26 bits per heavy atom. The zero-order valence-electron chi connectivity index (χ0n) is 10.4. The van der Waals surface area contributed by atoms with E-state index in [2.05, 4.69) is 9.84 Å². The number of carbonyl (C=O) groups excluding carboxylic acids is 1. The lowest BCUT2D eigenvalue weighted by atomic mass is 10.2. The van der Waals surface area contributed by atoms with Crippen LogP contribution in [-0.4, -0.2) is 38.4 Å². The maximum atomic E-state index is 11.5. The molecule has 1 aromatic rings. The lowest BCUT2D eigenvalue weighted by Crippen LogP contribution is -2.11. The molecule has 104 valence electrons. The number of aromatic nitrogens is 2. The number of carboxylic acid groups (broad SMARTS) is 1. The highest BCUT2D eigenvalue weighted by Crippen LogP contribution is 2.20. The van der Waals surface area contributed by atoms with Crippen LogP contribution >= 0.6 is 0 Å². The number of hydrogen-bond acceptors (Lipinski definition) is 6. The molecule has 9 nitrogen and oxygen atoms in total. The summed E-state index contributed by atoms with van der Waals surface area (Å²) in [4.78, 5) is 32.1. The van der Waals surface area contributed by atoms with Crippen molar-refractivity contribution < 1.29 is 24.4 Å². The smallest absolute Gasteiger partial charge is 0.404 e. The van der Waals surface area contributed by atoms with Crippen molar-refractivity contribution in [2.75, 3.05) is 6.61 Å². The molecule has 0 saturated carbocycles. The van der Waals surface area contributed by atoms with E-state index in [-0.39, 0.29) is 18.6 Å². The van der Waals surface area contributed by atoms with E-state index < -0.39 is 28.7 Å². The average Bonchev–Trinajstić information content (AvgIpc) is 2.73. The zero-order valence-corrected chi connectivity index (χ0v) is 10.4. The number of rotatable bonds is 6. The number of ether oxygens (including phenoxy) is 1. The van der Waals surface area contributed by atoms with Gasteiger partial charge in [0, 0.05) is 0 Å². The number of nitrogens with zero attached hydrogens (tertiary/aromatic N) is 3. The van der Waals surface area contributed by atoms with E-state index in [9.17, 15) is 19.7 Å². The van der Waals surface area contributed by atoms with Crippen LogP contribution in [0.4, 0.5) is 5.82 Å². The van der Waals surface area contributed by atoms with Gasteiger partial charge in [0.05, 0.1) is 30.4 Å². The van der Waals surface area contributed by atoms with Gasteiger partial charge in [-0.25, -0.2) is 4.79 Å². The summed E-state index contributed by atoms with van der Waals surface area (Å²) >= 11 is 0. The van der Waals surface area contributed by atoms with Crippen molar-refractivity contribution in [2.24, 2.45) is 0 Å². The van der Waals surface area contributed by atoms with Crippen LogP contribution in [0.5, 0.6) is 0 Å². The van der Waals surface area contributed by atoms with Crippen molar-refractivity contribution in [2.45, 2.75) is 26.3 Å². The van der Waals surface area contributed by atoms with Crippen LogP contribution in [0.3, 0.4) is 0 Å². The Morgan fingerprint density at radius 1 is 1.63 bits per heavy atom. The summed E-state index contributed by atoms with van der Waals surface area (Å²) in [6, 6.07) is -0.612. The largest absolute Gasteiger partial charge is 0.481 e. The maximum Gasteiger partial charge on any atom is 0.404 e. The van der Waals surface area contributed by atoms with Crippen molar-refractivity contribution in [3.05, 3.63) is 21.9 Å². The first-order chi connectivity index (χ1) is 8.86. The summed E-state index contributed by atoms with van der Waals surface area (Å²) in [5.74, 6) is -2.57. The molecule has 1 heterocycles. The molecule has 9 heteroatoms. The van der Waals surface area contributed by atoms with Gasteiger partial charge in [0.15, 0.2) is 5.56 Å². The monoisotopic (exact) mass is 271 g/mol. The number of esters is 1. The Labute approximate surface area is 107 Å². The minimum Gasteiger partial charge on any atom is -0.481 e. The molecule has 0 saturated heterocycles. The van der Waals surface area contributed by atoms with Crippen molar-refractivity contribution >= 4 is 17.8 Å². The topological polar surface area (TPSA) is 125 Å². The fourth-order valence-electron chi connectivity index (χ4n) is 1.44. The molecule has 19 heavy (non-hydrogen) atoms. The third-order valence-electron chi connectivity index (χ3n) is 2.30. The van der Waals surface area contributed by atoms with Crippen molar-refractivity contribution in [3.8, 4) is 0 Å². The Hall–Kier alpha value is -2.45. The summed E-state index contributed by atoms with van der Waals surface area (Å²) in [5, 5.41) is 23.1. The first kappa shape index (κ1) is 14.6. The lowest BCUT2D eigenvalue weighted by molar-refractivity contribution is -0.390.